The highest BCUT2D eigenvalue weighted by Gasteiger charge is 2.17. The fraction of sp³-hybridized carbons (Fsp3) is 0.0625. The summed E-state index contributed by atoms with van der Waals surface area (Å²) in [4.78, 5) is 11.1. The molecule has 10 heteroatoms. The molecule has 2 aromatic rings. The third kappa shape index (κ3) is 5.71. The minimum Gasteiger partial charge on any atom is -0.478 e. The number of hydrogen-bond acceptors (Lipinski definition) is 4. The summed E-state index contributed by atoms with van der Waals surface area (Å²) in [6, 6.07) is 9.31. The lowest BCUT2D eigenvalue weighted by molar-refractivity contribution is -0.0503. The third-order valence-electron chi connectivity index (χ3n) is 3.00. The molecule has 0 fully saturated rings. The fourth-order valence-electron chi connectivity index (χ4n) is 1.90. The summed E-state index contributed by atoms with van der Waals surface area (Å²) in [7, 11) is -3.97. The van der Waals surface area contributed by atoms with Gasteiger partial charge in [-0.25, -0.2) is 13.2 Å². The number of halogens is 3. The molecule has 26 heavy (non-hydrogen) atoms. The predicted octanol–water partition coefficient (Wildman–Crippen LogP) is 4.05. The second kappa shape index (κ2) is 8.15. The Kier molecular flexibility index (Phi) is 6.17. The smallest absolute Gasteiger partial charge is 0.387 e. The topological polar surface area (TPSA) is 92.7 Å². The van der Waals surface area contributed by atoms with E-state index in [1.54, 1.807) is 24.3 Å². The number of alkyl halides is 2. The molecule has 0 aliphatic rings. The van der Waals surface area contributed by atoms with Crippen LogP contribution in [0.2, 0.25) is 5.02 Å². The van der Waals surface area contributed by atoms with Gasteiger partial charge in [-0.05, 0) is 42.0 Å². The average Bonchev–Trinajstić information content (AvgIpc) is 2.55. The molecule has 0 saturated carbocycles. The van der Waals surface area contributed by atoms with Crippen molar-refractivity contribution in [2.24, 2.45) is 0 Å². The monoisotopic (exact) mass is 403 g/mol. The van der Waals surface area contributed by atoms with Crippen molar-refractivity contribution in [1.82, 2.24) is 0 Å². The summed E-state index contributed by atoms with van der Waals surface area (Å²) in [5.41, 5.74) is -0.149. The van der Waals surface area contributed by atoms with E-state index in [0.29, 0.717) is 10.6 Å². The molecule has 2 rings (SSSR count). The molecule has 0 amide bonds. The van der Waals surface area contributed by atoms with Crippen molar-refractivity contribution in [3.63, 3.8) is 0 Å². The van der Waals surface area contributed by atoms with Gasteiger partial charge in [0.05, 0.1) is 5.41 Å². The van der Waals surface area contributed by atoms with Gasteiger partial charge in [-0.3, -0.25) is 4.72 Å². The van der Waals surface area contributed by atoms with Crippen LogP contribution < -0.4 is 9.46 Å². The summed E-state index contributed by atoms with van der Waals surface area (Å²) < 4.78 is 54.9. The predicted molar refractivity (Wildman–Crippen MR) is 93.1 cm³/mol. The highest BCUT2D eigenvalue weighted by atomic mass is 35.5. The second-order valence-corrected chi connectivity index (χ2v) is 6.90. The number of carboxylic acids is 1. The summed E-state index contributed by atoms with van der Waals surface area (Å²) in [6.07, 6.45) is 1.31. The maximum Gasteiger partial charge on any atom is 0.387 e. The van der Waals surface area contributed by atoms with Crippen LogP contribution in [0.4, 0.5) is 14.5 Å². The number of ether oxygens (including phenoxy) is 1. The van der Waals surface area contributed by atoms with Gasteiger partial charge >= 0.3 is 12.6 Å². The Morgan fingerprint density at radius 1 is 1.19 bits per heavy atom. The molecule has 0 unspecified atom stereocenters. The van der Waals surface area contributed by atoms with Crippen molar-refractivity contribution in [2.75, 3.05) is 4.72 Å². The first-order chi connectivity index (χ1) is 12.2. The molecule has 0 aliphatic heterocycles. The highest BCUT2D eigenvalue weighted by Crippen LogP contribution is 2.25. The van der Waals surface area contributed by atoms with Crippen LogP contribution in [0.5, 0.6) is 5.75 Å². The quantitative estimate of drug-likeness (QED) is 0.727. The maximum atomic E-state index is 12.3. The number of sulfonamides is 1. The molecular weight excluding hydrogens is 392 g/mol. The molecule has 2 N–H and O–H groups in total. The number of carboxylic acid groups (broad SMARTS) is 1. The summed E-state index contributed by atoms with van der Waals surface area (Å²) >= 11 is 5.73. The number of hydrogen-bond donors (Lipinski definition) is 2. The van der Waals surface area contributed by atoms with Gasteiger partial charge in [0, 0.05) is 10.7 Å². The Hall–Kier alpha value is -2.65. The first kappa shape index (κ1) is 19.7. The molecule has 0 bridgehead atoms. The summed E-state index contributed by atoms with van der Waals surface area (Å²) in [5, 5.41) is 10.4. The summed E-state index contributed by atoms with van der Waals surface area (Å²) in [6.45, 7) is -3.21. The van der Waals surface area contributed by atoms with Crippen LogP contribution in [-0.4, -0.2) is 26.1 Å². The van der Waals surface area contributed by atoms with Crippen molar-refractivity contribution < 1.29 is 31.8 Å². The molecule has 0 heterocycles. The molecular formula is C16H12ClF2NO5S. The third-order valence-corrected chi connectivity index (χ3v) is 4.26. The van der Waals surface area contributed by atoms with E-state index in [-0.39, 0.29) is 5.69 Å². The molecule has 0 aliphatic carbocycles. The van der Waals surface area contributed by atoms with Crippen LogP contribution in [0.1, 0.15) is 15.9 Å². The lowest BCUT2D eigenvalue weighted by Gasteiger charge is -2.10. The zero-order valence-electron chi connectivity index (χ0n) is 12.9. The average molecular weight is 404 g/mol. The first-order valence-corrected chi connectivity index (χ1v) is 8.87. The normalized spacial score (nSPS) is 11.7. The van der Waals surface area contributed by atoms with Gasteiger partial charge in [-0.15, -0.1) is 0 Å². The van der Waals surface area contributed by atoms with E-state index in [9.17, 15) is 22.0 Å². The van der Waals surface area contributed by atoms with E-state index in [1.807, 2.05) is 0 Å². The van der Waals surface area contributed by atoms with Crippen LogP contribution >= 0.6 is 11.6 Å². The van der Waals surface area contributed by atoms with E-state index in [2.05, 4.69) is 9.46 Å². The van der Waals surface area contributed by atoms with Gasteiger partial charge in [0.2, 0.25) is 0 Å². The van der Waals surface area contributed by atoms with E-state index >= 15 is 0 Å². The molecule has 2 aromatic carbocycles. The van der Waals surface area contributed by atoms with Crippen LogP contribution in [0.25, 0.3) is 6.08 Å². The number of rotatable bonds is 7. The maximum absolute atomic E-state index is 12.3. The van der Waals surface area contributed by atoms with Crippen molar-refractivity contribution in [3.8, 4) is 5.75 Å². The Bertz CT molecular complexity index is 930. The Morgan fingerprint density at radius 3 is 2.42 bits per heavy atom. The molecule has 0 aromatic heterocycles. The van der Waals surface area contributed by atoms with Gasteiger partial charge in [0.15, 0.2) is 0 Å². The second-order valence-electron chi connectivity index (χ2n) is 4.90. The lowest BCUT2D eigenvalue weighted by atomic mass is 10.2. The van der Waals surface area contributed by atoms with Gasteiger partial charge < -0.3 is 9.84 Å². The molecule has 0 atom stereocenters. The zero-order chi connectivity index (χ0) is 19.3. The number of anilines is 1. The highest BCUT2D eigenvalue weighted by molar-refractivity contribution is 7.95. The summed E-state index contributed by atoms with van der Waals surface area (Å²) in [5.74, 6) is -2.12. The van der Waals surface area contributed by atoms with Crippen LogP contribution in [0.3, 0.4) is 0 Å². The van der Waals surface area contributed by atoms with E-state index in [4.69, 9.17) is 16.7 Å². The number of aromatic carboxylic acids is 1. The van der Waals surface area contributed by atoms with Crippen LogP contribution in [0.15, 0.2) is 47.9 Å². The number of carbonyl (C=O) groups is 1. The van der Waals surface area contributed by atoms with Gasteiger partial charge in [-0.1, -0.05) is 23.7 Å². The largest absolute Gasteiger partial charge is 0.478 e. The van der Waals surface area contributed by atoms with Gasteiger partial charge in [-0.2, -0.15) is 8.78 Å². The van der Waals surface area contributed by atoms with Crippen LogP contribution in [0, 0.1) is 0 Å². The van der Waals surface area contributed by atoms with Gasteiger partial charge in [0.25, 0.3) is 10.0 Å². The molecule has 0 radical (unpaired) electrons. The molecule has 0 saturated heterocycles. The molecule has 6 nitrogen and oxygen atoms in total. The molecule has 138 valence electrons. The lowest BCUT2D eigenvalue weighted by Crippen LogP contribution is -2.11. The van der Waals surface area contributed by atoms with E-state index in [1.165, 1.54) is 6.08 Å². The standard InChI is InChI=1S/C16H12ClF2NO5S/c17-11-3-1-10(2-4-11)7-8-26(23,24)20-12-5-6-14(25-16(18)19)13(9-12)15(21)22/h1-9,16,20H,(H,21,22)/b8-7+. The number of benzene rings is 2. The zero-order valence-corrected chi connectivity index (χ0v) is 14.5. The van der Waals surface area contributed by atoms with Crippen molar-refractivity contribution in [2.45, 2.75) is 6.61 Å². The van der Waals surface area contributed by atoms with Gasteiger partial charge in [0.1, 0.15) is 11.3 Å². The van der Waals surface area contributed by atoms with E-state index in [0.717, 1.165) is 23.6 Å². The van der Waals surface area contributed by atoms with Crippen LogP contribution in [-0.2, 0) is 10.0 Å². The van der Waals surface area contributed by atoms with E-state index < -0.39 is 33.9 Å². The fourth-order valence-corrected chi connectivity index (χ4v) is 2.89. The Labute approximate surface area is 152 Å². The minimum atomic E-state index is -3.97. The minimum absolute atomic E-state index is 0.121. The SMILES string of the molecule is O=C(O)c1cc(NS(=O)(=O)/C=C/c2ccc(Cl)cc2)ccc1OC(F)F. The van der Waals surface area contributed by atoms with Crippen molar-refractivity contribution in [1.29, 1.82) is 0 Å². The first-order valence-electron chi connectivity index (χ1n) is 6.95. The number of nitrogens with one attached hydrogen (secondary N) is 1. The Morgan fingerprint density at radius 2 is 1.85 bits per heavy atom. The van der Waals surface area contributed by atoms with Crippen molar-refractivity contribution >= 4 is 39.4 Å². The molecule has 0 spiro atoms. The Balaban J connectivity index is 2.21. The van der Waals surface area contributed by atoms with Crippen molar-refractivity contribution in [3.05, 3.63) is 64.0 Å².